The van der Waals surface area contributed by atoms with Crippen molar-refractivity contribution in [2.45, 2.75) is 19.8 Å². The van der Waals surface area contributed by atoms with Crippen molar-refractivity contribution in [3.05, 3.63) is 41.5 Å². The molecule has 0 saturated carbocycles. The van der Waals surface area contributed by atoms with Crippen LogP contribution < -0.4 is 0 Å². The van der Waals surface area contributed by atoms with Crippen molar-refractivity contribution in [3.63, 3.8) is 0 Å². The fraction of sp³-hybridized carbons (Fsp3) is 0.357. The summed E-state index contributed by atoms with van der Waals surface area (Å²) < 4.78 is 0. The molecule has 0 aliphatic heterocycles. The van der Waals surface area contributed by atoms with E-state index in [9.17, 15) is 4.79 Å². The molecule has 1 rings (SSSR count). The monoisotopic (exact) mass is 217 g/mol. The van der Waals surface area contributed by atoms with Gasteiger partial charge < -0.3 is 4.90 Å². The number of carbonyl (C=O) groups excluding carboxylic acids is 1. The third-order valence-corrected chi connectivity index (χ3v) is 2.46. The van der Waals surface area contributed by atoms with Crippen LogP contribution in [-0.2, 0) is 4.79 Å². The van der Waals surface area contributed by atoms with Crippen molar-refractivity contribution in [2.75, 3.05) is 14.1 Å². The van der Waals surface area contributed by atoms with E-state index in [1.54, 1.807) is 25.1 Å². The predicted molar refractivity (Wildman–Crippen MR) is 68.3 cm³/mol. The maximum atomic E-state index is 11.3. The molecule has 0 aliphatic carbocycles. The molecule has 0 atom stereocenters. The first kappa shape index (κ1) is 12.5. The Morgan fingerprint density at radius 3 is 2.19 bits per heavy atom. The molecule has 0 aromatic heterocycles. The number of nitrogens with zero attached hydrogens (tertiary/aromatic N) is 1. The summed E-state index contributed by atoms with van der Waals surface area (Å²) in [6.07, 6.45) is 3.43. The lowest BCUT2D eigenvalue weighted by Crippen LogP contribution is -2.18. The Balaban J connectivity index is 2.72. The number of rotatable bonds is 3. The third-order valence-electron chi connectivity index (χ3n) is 2.46. The maximum Gasteiger partial charge on any atom is 0.246 e. The zero-order chi connectivity index (χ0) is 12.1. The molecule has 16 heavy (non-hydrogen) atoms. The van der Waals surface area contributed by atoms with E-state index >= 15 is 0 Å². The topological polar surface area (TPSA) is 20.3 Å². The molecule has 0 heterocycles. The van der Waals surface area contributed by atoms with E-state index in [-0.39, 0.29) is 5.91 Å². The Hall–Kier alpha value is -1.57. The third kappa shape index (κ3) is 3.54. The number of benzene rings is 1. The van der Waals surface area contributed by atoms with E-state index in [1.807, 2.05) is 18.2 Å². The van der Waals surface area contributed by atoms with Crippen LogP contribution in [0.4, 0.5) is 0 Å². The molecule has 2 heteroatoms. The summed E-state index contributed by atoms with van der Waals surface area (Å²) >= 11 is 0. The Morgan fingerprint density at radius 2 is 1.75 bits per heavy atom. The number of likely N-dealkylation sites (N-methyl/N-ethyl adjacent to an activating group) is 1. The van der Waals surface area contributed by atoms with Gasteiger partial charge in [-0.15, -0.1) is 0 Å². The van der Waals surface area contributed by atoms with Crippen LogP contribution in [0.3, 0.4) is 0 Å². The average Bonchev–Trinajstić information content (AvgIpc) is 2.26. The quantitative estimate of drug-likeness (QED) is 0.713. The second-order valence-corrected chi connectivity index (χ2v) is 4.39. The van der Waals surface area contributed by atoms with Gasteiger partial charge in [-0.05, 0) is 23.1 Å². The van der Waals surface area contributed by atoms with E-state index in [4.69, 9.17) is 0 Å². The second kappa shape index (κ2) is 5.50. The van der Waals surface area contributed by atoms with Gasteiger partial charge in [0.15, 0.2) is 0 Å². The van der Waals surface area contributed by atoms with Crippen LogP contribution in [0.15, 0.2) is 30.3 Å². The van der Waals surface area contributed by atoms with Gasteiger partial charge in [0.2, 0.25) is 5.91 Å². The highest BCUT2D eigenvalue weighted by molar-refractivity contribution is 5.91. The Kier molecular flexibility index (Phi) is 4.29. The fourth-order valence-corrected chi connectivity index (χ4v) is 1.31. The molecule has 0 spiro atoms. The van der Waals surface area contributed by atoms with Crippen LogP contribution in [0.2, 0.25) is 0 Å². The lowest BCUT2D eigenvalue weighted by Gasteiger charge is -2.06. The van der Waals surface area contributed by atoms with Gasteiger partial charge in [-0.25, -0.2) is 0 Å². The summed E-state index contributed by atoms with van der Waals surface area (Å²) in [5.74, 6) is 0.550. The van der Waals surface area contributed by atoms with Gasteiger partial charge in [-0.1, -0.05) is 38.1 Å². The molecule has 1 amide bonds. The normalized spacial score (nSPS) is 11.1. The summed E-state index contributed by atoms with van der Waals surface area (Å²) in [4.78, 5) is 12.9. The molecule has 2 nitrogen and oxygen atoms in total. The lowest BCUT2D eigenvalue weighted by molar-refractivity contribution is -0.123. The SMILES string of the molecule is CC(C)c1ccc(C=CC(=O)N(C)C)cc1. The molecule has 0 N–H and O–H groups in total. The largest absolute Gasteiger partial charge is 0.345 e. The number of hydrogen-bond acceptors (Lipinski definition) is 1. The fourth-order valence-electron chi connectivity index (χ4n) is 1.31. The smallest absolute Gasteiger partial charge is 0.246 e. The van der Waals surface area contributed by atoms with Crippen molar-refractivity contribution in [1.82, 2.24) is 4.90 Å². The molecule has 0 saturated heterocycles. The molecule has 0 aliphatic rings. The highest BCUT2D eigenvalue weighted by Gasteiger charge is 1.99. The highest BCUT2D eigenvalue weighted by atomic mass is 16.2. The predicted octanol–water partition coefficient (Wildman–Crippen LogP) is 2.91. The molecule has 0 unspecified atom stereocenters. The van der Waals surface area contributed by atoms with Gasteiger partial charge in [0.25, 0.3) is 0 Å². The Bertz CT molecular complexity index is 374. The molecule has 0 fully saturated rings. The zero-order valence-electron chi connectivity index (χ0n) is 10.4. The minimum Gasteiger partial charge on any atom is -0.345 e. The summed E-state index contributed by atoms with van der Waals surface area (Å²) in [5, 5.41) is 0. The summed E-state index contributed by atoms with van der Waals surface area (Å²) in [5.41, 5.74) is 2.37. The van der Waals surface area contributed by atoms with Gasteiger partial charge in [0, 0.05) is 20.2 Å². The summed E-state index contributed by atoms with van der Waals surface area (Å²) in [6, 6.07) is 8.28. The van der Waals surface area contributed by atoms with E-state index in [0.29, 0.717) is 5.92 Å². The number of hydrogen-bond donors (Lipinski definition) is 0. The number of amides is 1. The van der Waals surface area contributed by atoms with Crippen LogP contribution >= 0.6 is 0 Å². The van der Waals surface area contributed by atoms with Crippen molar-refractivity contribution >= 4 is 12.0 Å². The van der Waals surface area contributed by atoms with Gasteiger partial charge in [0.05, 0.1) is 0 Å². The van der Waals surface area contributed by atoms with Crippen LogP contribution in [0.25, 0.3) is 6.08 Å². The highest BCUT2D eigenvalue weighted by Crippen LogP contribution is 2.15. The first-order valence-electron chi connectivity index (χ1n) is 5.50. The molecule has 0 radical (unpaired) electrons. The molecular weight excluding hydrogens is 198 g/mol. The minimum absolute atomic E-state index is 0.00735. The van der Waals surface area contributed by atoms with Gasteiger partial charge in [-0.3, -0.25) is 4.79 Å². The van der Waals surface area contributed by atoms with E-state index in [2.05, 4.69) is 26.0 Å². The standard InChI is InChI=1S/C14H19NO/c1-11(2)13-8-5-12(6-9-13)7-10-14(16)15(3)4/h5-11H,1-4H3. The molecular formula is C14H19NO. The molecule has 1 aromatic carbocycles. The zero-order valence-corrected chi connectivity index (χ0v) is 10.4. The average molecular weight is 217 g/mol. The van der Waals surface area contributed by atoms with Crippen LogP contribution in [0.5, 0.6) is 0 Å². The van der Waals surface area contributed by atoms with Gasteiger partial charge >= 0.3 is 0 Å². The van der Waals surface area contributed by atoms with Crippen molar-refractivity contribution < 1.29 is 4.79 Å². The van der Waals surface area contributed by atoms with Crippen LogP contribution in [0.1, 0.15) is 30.9 Å². The van der Waals surface area contributed by atoms with Crippen molar-refractivity contribution in [2.24, 2.45) is 0 Å². The first-order valence-corrected chi connectivity index (χ1v) is 5.50. The van der Waals surface area contributed by atoms with Gasteiger partial charge in [-0.2, -0.15) is 0 Å². The van der Waals surface area contributed by atoms with Gasteiger partial charge in [0.1, 0.15) is 0 Å². The van der Waals surface area contributed by atoms with Crippen molar-refractivity contribution in [3.8, 4) is 0 Å². The van der Waals surface area contributed by atoms with E-state index < -0.39 is 0 Å². The van der Waals surface area contributed by atoms with E-state index in [0.717, 1.165) is 5.56 Å². The second-order valence-electron chi connectivity index (χ2n) is 4.39. The van der Waals surface area contributed by atoms with E-state index in [1.165, 1.54) is 5.56 Å². The molecule has 0 bridgehead atoms. The minimum atomic E-state index is 0.00735. The molecule has 86 valence electrons. The number of carbonyl (C=O) groups is 1. The Labute approximate surface area is 97.6 Å². The lowest BCUT2D eigenvalue weighted by atomic mass is 10.0. The Morgan fingerprint density at radius 1 is 1.19 bits per heavy atom. The maximum absolute atomic E-state index is 11.3. The molecule has 1 aromatic rings. The van der Waals surface area contributed by atoms with Crippen molar-refractivity contribution in [1.29, 1.82) is 0 Å². The van der Waals surface area contributed by atoms with Crippen LogP contribution in [0, 0.1) is 0 Å². The van der Waals surface area contributed by atoms with Crippen LogP contribution in [-0.4, -0.2) is 24.9 Å². The summed E-state index contributed by atoms with van der Waals surface area (Å²) in [6.45, 7) is 4.33. The first-order chi connectivity index (χ1) is 7.50. The summed E-state index contributed by atoms with van der Waals surface area (Å²) in [7, 11) is 3.49.